The summed E-state index contributed by atoms with van der Waals surface area (Å²) in [6.45, 7) is 2.02. The fourth-order valence-corrected chi connectivity index (χ4v) is 2.12. The smallest absolute Gasteiger partial charge is 0.160 e. The van der Waals surface area contributed by atoms with Crippen LogP contribution in [0.15, 0.2) is 42.6 Å². The van der Waals surface area contributed by atoms with Crippen LogP contribution in [-0.4, -0.2) is 11.0 Å². The van der Waals surface area contributed by atoms with Crippen LogP contribution in [0.3, 0.4) is 0 Å². The number of anilines is 1. The van der Waals surface area contributed by atoms with E-state index in [0.29, 0.717) is 0 Å². The van der Waals surface area contributed by atoms with Crippen molar-refractivity contribution >= 4 is 5.69 Å². The van der Waals surface area contributed by atoms with Crippen molar-refractivity contribution in [3.05, 3.63) is 54.1 Å². The van der Waals surface area contributed by atoms with Gasteiger partial charge in [-0.25, -0.2) is 4.39 Å². The van der Waals surface area contributed by atoms with Gasteiger partial charge in [-0.15, -0.1) is 0 Å². The minimum Gasteiger partial charge on any atom is -0.480 e. The lowest BCUT2D eigenvalue weighted by molar-refractivity contribution is 0.173. The largest absolute Gasteiger partial charge is 0.480 e. The molecule has 1 aromatic heterocycles. The molecular formula is C14H13FN2O. The molecule has 0 bridgehead atoms. The summed E-state index contributed by atoms with van der Waals surface area (Å²) in [6.07, 6.45) is 1.01. The van der Waals surface area contributed by atoms with Crippen molar-refractivity contribution in [3.63, 3.8) is 0 Å². The first kappa shape index (κ1) is 11.0. The quantitative estimate of drug-likeness (QED) is 0.836. The lowest BCUT2D eigenvalue weighted by atomic mass is 10.1. The molecule has 3 rings (SSSR count). The molecule has 0 saturated carbocycles. The number of nitrogens with one attached hydrogen (secondary N) is 1. The van der Waals surface area contributed by atoms with Gasteiger partial charge in [-0.1, -0.05) is 12.1 Å². The van der Waals surface area contributed by atoms with Gasteiger partial charge in [-0.3, -0.25) is 4.98 Å². The predicted molar refractivity (Wildman–Crippen MR) is 67.1 cm³/mol. The SMILES string of the molecule is CC1Nc2ccccc2OC1c1ccc(F)cn1. The molecule has 0 spiro atoms. The molecule has 2 heterocycles. The molecule has 0 radical (unpaired) electrons. The highest BCUT2D eigenvalue weighted by molar-refractivity contribution is 5.58. The number of para-hydroxylation sites is 2. The zero-order valence-corrected chi connectivity index (χ0v) is 9.93. The summed E-state index contributed by atoms with van der Waals surface area (Å²) in [5.74, 6) is 0.460. The van der Waals surface area contributed by atoms with Gasteiger partial charge < -0.3 is 10.1 Å². The van der Waals surface area contributed by atoms with E-state index in [4.69, 9.17) is 4.74 Å². The topological polar surface area (TPSA) is 34.1 Å². The van der Waals surface area contributed by atoms with E-state index in [2.05, 4.69) is 10.3 Å². The highest BCUT2D eigenvalue weighted by Gasteiger charge is 2.28. The van der Waals surface area contributed by atoms with Crippen LogP contribution in [0, 0.1) is 5.82 Å². The normalized spacial score (nSPS) is 21.7. The molecule has 18 heavy (non-hydrogen) atoms. The van der Waals surface area contributed by atoms with Crippen molar-refractivity contribution in [3.8, 4) is 5.75 Å². The number of ether oxygens (including phenoxy) is 1. The molecule has 2 atom stereocenters. The Balaban J connectivity index is 1.93. The number of benzene rings is 1. The summed E-state index contributed by atoms with van der Waals surface area (Å²) >= 11 is 0. The zero-order chi connectivity index (χ0) is 12.5. The number of halogens is 1. The monoisotopic (exact) mass is 244 g/mol. The third-order valence-electron chi connectivity index (χ3n) is 3.02. The van der Waals surface area contributed by atoms with Crippen molar-refractivity contribution in [1.29, 1.82) is 0 Å². The molecule has 0 fully saturated rings. The highest BCUT2D eigenvalue weighted by atomic mass is 19.1. The Hall–Kier alpha value is -2.10. The number of fused-ring (bicyclic) bond motifs is 1. The van der Waals surface area contributed by atoms with Gasteiger partial charge in [0.1, 0.15) is 11.6 Å². The Morgan fingerprint density at radius 2 is 2.06 bits per heavy atom. The van der Waals surface area contributed by atoms with Crippen LogP contribution >= 0.6 is 0 Å². The van der Waals surface area contributed by atoms with E-state index in [9.17, 15) is 4.39 Å². The molecule has 1 aliphatic heterocycles. The first-order valence-electron chi connectivity index (χ1n) is 5.88. The van der Waals surface area contributed by atoms with Gasteiger partial charge in [0.05, 0.1) is 23.6 Å². The zero-order valence-electron chi connectivity index (χ0n) is 9.93. The van der Waals surface area contributed by atoms with Crippen LogP contribution < -0.4 is 10.1 Å². The van der Waals surface area contributed by atoms with Crippen molar-refractivity contribution in [1.82, 2.24) is 4.98 Å². The third kappa shape index (κ3) is 1.90. The number of nitrogens with zero attached hydrogens (tertiary/aromatic N) is 1. The van der Waals surface area contributed by atoms with E-state index in [1.807, 2.05) is 31.2 Å². The van der Waals surface area contributed by atoms with Crippen LogP contribution in [-0.2, 0) is 0 Å². The fraction of sp³-hybridized carbons (Fsp3) is 0.214. The number of rotatable bonds is 1. The van der Waals surface area contributed by atoms with Gasteiger partial charge in [0.25, 0.3) is 0 Å². The first-order chi connectivity index (χ1) is 8.74. The second-order valence-electron chi connectivity index (χ2n) is 4.37. The van der Waals surface area contributed by atoms with Crippen molar-refractivity contribution in [2.24, 2.45) is 0 Å². The van der Waals surface area contributed by atoms with Gasteiger partial charge in [-0.05, 0) is 31.2 Å². The summed E-state index contributed by atoms with van der Waals surface area (Å²) < 4.78 is 18.8. The molecule has 1 N–H and O–H groups in total. The summed E-state index contributed by atoms with van der Waals surface area (Å²) in [5.41, 5.74) is 1.70. The summed E-state index contributed by atoms with van der Waals surface area (Å²) in [5, 5.41) is 3.36. The van der Waals surface area contributed by atoms with Gasteiger partial charge in [0.15, 0.2) is 6.10 Å². The summed E-state index contributed by atoms with van der Waals surface area (Å²) in [4.78, 5) is 4.09. The molecule has 0 amide bonds. The van der Waals surface area contributed by atoms with Crippen molar-refractivity contribution in [2.75, 3.05) is 5.32 Å². The van der Waals surface area contributed by atoms with Gasteiger partial charge >= 0.3 is 0 Å². The Labute approximate surface area is 105 Å². The lowest BCUT2D eigenvalue weighted by Crippen LogP contribution is -2.33. The van der Waals surface area contributed by atoms with Crippen LogP contribution in [0.2, 0.25) is 0 Å². The Morgan fingerprint density at radius 3 is 2.83 bits per heavy atom. The third-order valence-corrected chi connectivity index (χ3v) is 3.02. The Kier molecular flexibility index (Phi) is 2.63. The van der Waals surface area contributed by atoms with E-state index in [-0.39, 0.29) is 18.0 Å². The maximum atomic E-state index is 12.9. The molecule has 2 aromatic rings. The number of pyridine rings is 1. The Bertz CT molecular complexity index is 556. The molecule has 0 saturated heterocycles. The minimum absolute atomic E-state index is 0.0814. The van der Waals surface area contributed by atoms with E-state index in [1.165, 1.54) is 12.3 Å². The molecular weight excluding hydrogens is 231 g/mol. The van der Waals surface area contributed by atoms with Gasteiger partial charge in [0, 0.05) is 0 Å². The van der Waals surface area contributed by atoms with Crippen molar-refractivity contribution < 1.29 is 9.13 Å². The lowest BCUT2D eigenvalue weighted by Gasteiger charge is -2.32. The summed E-state index contributed by atoms with van der Waals surface area (Å²) in [6, 6.07) is 10.9. The van der Waals surface area contributed by atoms with E-state index in [1.54, 1.807) is 6.07 Å². The molecule has 4 heteroatoms. The minimum atomic E-state index is -0.337. The fourth-order valence-electron chi connectivity index (χ4n) is 2.12. The van der Waals surface area contributed by atoms with Crippen molar-refractivity contribution in [2.45, 2.75) is 19.1 Å². The average molecular weight is 244 g/mol. The average Bonchev–Trinajstić information content (AvgIpc) is 2.39. The Morgan fingerprint density at radius 1 is 1.22 bits per heavy atom. The van der Waals surface area contributed by atoms with E-state index in [0.717, 1.165) is 17.1 Å². The predicted octanol–water partition coefficient (Wildman–Crippen LogP) is 3.15. The van der Waals surface area contributed by atoms with Crippen LogP contribution in [0.5, 0.6) is 5.75 Å². The number of hydrogen-bond donors (Lipinski definition) is 1. The van der Waals surface area contributed by atoms with Crippen LogP contribution in [0.1, 0.15) is 18.7 Å². The molecule has 3 nitrogen and oxygen atoms in total. The number of hydrogen-bond acceptors (Lipinski definition) is 3. The maximum absolute atomic E-state index is 12.9. The number of aromatic nitrogens is 1. The summed E-state index contributed by atoms with van der Waals surface area (Å²) in [7, 11) is 0. The standard InChI is InChI=1S/C14H13FN2O/c1-9-14(12-7-6-10(15)8-16-12)18-13-5-3-2-4-11(13)17-9/h2-9,14,17H,1H3. The molecule has 1 aromatic carbocycles. The van der Waals surface area contributed by atoms with Gasteiger partial charge in [-0.2, -0.15) is 0 Å². The van der Waals surface area contributed by atoms with Crippen LogP contribution in [0.4, 0.5) is 10.1 Å². The van der Waals surface area contributed by atoms with Crippen LogP contribution in [0.25, 0.3) is 0 Å². The molecule has 92 valence electrons. The molecule has 0 aliphatic carbocycles. The second kappa shape index (κ2) is 4.29. The van der Waals surface area contributed by atoms with E-state index < -0.39 is 0 Å². The maximum Gasteiger partial charge on any atom is 0.160 e. The highest BCUT2D eigenvalue weighted by Crippen LogP contribution is 2.36. The van der Waals surface area contributed by atoms with E-state index >= 15 is 0 Å². The molecule has 1 aliphatic rings. The first-order valence-corrected chi connectivity index (χ1v) is 5.88. The molecule has 2 unspecified atom stereocenters. The van der Waals surface area contributed by atoms with Gasteiger partial charge in [0.2, 0.25) is 0 Å². The second-order valence-corrected chi connectivity index (χ2v) is 4.37.